The van der Waals surface area contributed by atoms with Crippen molar-refractivity contribution >= 4 is 0 Å². The first-order chi connectivity index (χ1) is 7.86. The van der Waals surface area contributed by atoms with Crippen molar-refractivity contribution in [3.63, 3.8) is 0 Å². The average Bonchev–Trinajstić information content (AvgIpc) is 2.34. The smallest absolute Gasteiger partial charge is 0.120 e. The van der Waals surface area contributed by atoms with Gasteiger partial charge in [0.1, 0.15) is 12.4 Å². The lowest BCUT2D eigenvalue weighted by molar-refractivity contribution is 0.0544. The molecule has 1 aromatic carbocycles. The van der Waals surface area contributed by atoms with Crippen LogP contribution in [0.3, 0.4) is 0 Å². The van der Waals surface area contributed by atoms with Crippen molar-refractivity contribution in [2.45, 2.75) is 0 Å². The van der Waals surface area contributed by atoms with Gasteiger partial charge in [0.2, 0.25) is 0 Å². The fraction of sp³-hybridized carbons (Fsp3) is 0.385. The molecule has 1 rings (SSSR count). The Morgan fingerprint density at radius 1 is 1.19 bits per heavy atom. The van der Waals surface area contributed by atoms with Gasteiger partial charge in [-0.1, -0.05) is 12.0 Å². The SMILES string of the molecule is C#Cc1cccc(OCCOCCOC)c1. The molecule has 0 fully saturated rings. The molecule has 0 spiro atoms. The van der Waals surface area contributed by atoms with Crippen LogP contribution in [0.1, 0.15) is 5.56 Å². The third kappa shape index (κ3) is 4.83. The molecular weight excluding hydrogens is 204 g/mol. The van der Waals surface area contributed by atoms with E-state index >= 15 is 0 Å². The summed E-state index contributed by atoms with van der Waals surface area (Å²) >= 11 is 0. The first-order valence-corrected chi connectivity index (χ1v) is 5.13. The van der Waals surface area contributed by atoms with Crippen LogP contribution in [-0.2, 0) is 9.47 Å². The Hall–Kier alpha value is -1.50. The van der Waals surface area contributed by atoms with Gasteiger partial charge in [-0.3, -0.25) is 0 Å². The molecule has 0 aliphatic heterocycles. The molecule has 0 heterocycles. The number of benzene rings is 1. The van der Waals surface area contributed by atoms with Gasteiger partial charge in [0.05, 0.1) is 19.8 Å². The summed E-state index contributed by atoms with van der Waals surface area (Å²) in [6.07, 6.45) is 5.28. The standard InChI is InChI=1S/C13H16O3/c1-3-12-5-4-6-13(11-12)16-10-9-15-8-7-14-2/h1,4-6,11H,7-10H2,2H3. The van der Waals surface area contributed by atoms with E-state index in [2.05, 4.69) is 5.92 Å². The zero-order valence-corrected chi connectivity index (χ0v) is 9.44. The summed E-state index contributed by atoms with van der Waals surface area (Å²) in [7, 11) is 1.64. The van der Waals surface area contributed by atoms with Crippen molar-refractivity contribution < 1.29 is 14.2 Å². The van der Waals surface area contributed by atoms with Crippen LogP contribution < -0.4 is 4.74 Å². The van der Waals surface area contributed by atoms with Crippen LogP contribution >= 0.6 is 0 Å². The molecule has 86 valence electrons. The highest BCUT2D eigenvalue weighted by Crippen LogP contribution is 2.12. The molecule has 3 heteroatoms. The second-order valence-electron chi connectivity index (χ2n) is 3.13. The Bertz CT molecular complexity index is 341. The summed E-state index contributed by atoms with van der Waals surface area (Å²) in [5.74, 6) is 3.33. The predicted molar refractivity (Wildman–Crippen MR) is 62.6 cm³/mol. The van der Waals surface area contributed by atoms with Crippen LogP contribution in [0.25, 0.3) is 0 Å². The zero-order valence-electron chi connectivity index (χ0n) is 9.44. The average molecular weight is 220 g/mol. The van der Waals surface area contributed by atoms with E-state index in [9.17, 15) is 0 Å². The predicted octanol–water partition coefficient (Wildman–Crippen LogP) is 1.71. The molecule has 0 saturated carbocycles. The normalized spacial score (nSPS) is 9.75. The molecule has 0 aliphatic carbocycles. The van der Waals surface area contributed by atoms with Crippen molar-refractivity contribution in [2.24, 2.45) is 0 Å². The van der Waals surface area contributed by atoms with Gasteiger partial charge in [-0.2, -0.15) is 0 Å². The van der Waals surface area contributed by atoms with Crippen LogP contribution in [0.4, 0.5) is 0 Å². The van der Waals surface area contributed by atoms with Crippen molar-refractivity contribution in [2.75, 3.05) is 33.5 Å². The number of rotatable bonds is 7. The molecule has 16 heavy (non-hydrogen) atoms. The summed E-state index contributed by atoms with van der Waals surface area (Å²) in [5, 5.41) is 0. The van der Waals surface area contributed by atoms with Crippen LogP contribution in [0.2, 0.25) is 0 Å². The third-order valence-electron chi connectivity index (χ3n) is 1.93. The van der Waals surface area contributed by atoms with Crippen molar-refractivity contribution in [1.29, 1.82) is 0 Å². The molecule has 0 amide bonds. The summed E-state index contributed by atoms with van der Waals surface area (Å²) in [6.45, 7) is 2.25. The van der Waals surface area contributed by atoms with Crippen molar-refractivity contribution in [3.8, 4) is 18.1 Å². The minimum Gasteiger partial charge on any atom is -0.491 e. The van der Waals surface area contributed by atoms with E-state index in [0.29, 0.717) is 26.4 Å². The Kier molecular flexibility index (Phi) is 6.09. The summed E-state index contributed by atoms with van der Waals surface area (Å²) in [5.41, 5.74) is 0.817. The van der Waals surface area contributed by atoms with E-state index in [1.165, 1.54) is 0 Å². The van der Waals surface area contributed by atoms with Crippen molar-refractivity contribution in [3.05, 3.63) is 29.8 Å². The second-order valence-corrected chi connectivity index (χ2v) is 3.13. The minimum absolute atomic E-state index is 0.512. The minimum atomic E-state index is 0.512. The number of ether oxygens (including phenoxy) is 3. The van der Waals surface area contributed by atoms with Gasteiger partial charge < -0.3 is 14.2 Å². The van der Waals surface area contributed by atoms with Crippen LogP contribution in [0.15, 0.2) is 24.3 Å². The van der Waals surface area contributed by atoms with Crippen molar-refractivity contribution in [1.82, 2.24) is 0 Å². The first-order valence-electron chi connectivity index (χ1n) is 5.13. The van der Waals surface area contributed by atoms with E-state index in [4.69, 9.17) is 20.6 Å². The highest BCUT2D eigenvalue weighted by molar-refractivity contribution is 5.38. The molecule has 1 aromatic rings. The lowest BCUT2D eigenvalue weighted by Gasteiger charge is -2.07. The maximum Gasteiger partial charge on any atom is 0.120 e. The summed E-state index contributed by atoms with van der Waals surface area (Å²) < 4.78 is 15.6. The van der Waals surface area contributed by atoms with E-state index in [-0.39, 0.29) is 0 Å². The molecule has 0 atom stereocenters. The first kappa shape index (κ1) is 12.6. The molecular formula is C13H16O3. The lowest BCUT2D eigenvalue weighted by atomic mass is 10.2. The molecule has 0 bridgehead atoms. The monoisotopic (exact) mass is 220 g/mol. The second kappa shape index (κ2) is 7.75. The maximum absolute atomic E-state index is 5.47. The number of hydrogen-bond donors (Lipinski definition) is 0. The Morgan fingerprint density at radius 3 is 2.75 bits per heavy atom. The maximum atomic E-state index is 5.47. The quantitative estimate of drug-likeness (QED) is 0.517. The van der Waals surface area contributed by atoms with Gasteiger partial charge in [-0.05, 0) is 18.2 Å². The Balaban J connectivity index is 2.19. The highest BCUT2D eigenvalue weighted by Gasteiger charge is 1.94. The number of hydrogen-bond acceptors (Lipinski definition) is 3. The van der Waals surface area contributed by atoms with E-state index in [1.807, 2.05) is 24.3 Å². The molecule has 0 N–H and O–H groups in total. The molecule has 0 aliphatic rings. The van der Waals surface area contributed by atoms with Crippen LogP contribution in [-0.4, -0.2) is 33.5 Å². The fourth-order valence-electron chi connectivity index (χ4n) is 1.14. The lowest BCUT2D eigenvalue weighted by Crippen LogP contribution is -2.09. The van der Waals surface area contributed by atoms with E-state index in [1.54, 1.807) is 7.11 Å². The fourth-order valence-corrected chi connectivity index (χ4v) is 1.14. The van der Waals surface area contributed by atoms with Gasteiger partial charge in [0.15, 0.2) is 0 Å². The van der Waals surface area contributed by atoms with Crippen LogP contribution in [0.5, 0.6) is 5.75 Å². The molecule has 0 radical (unpaired) electrons. The Morgan fingerprint density at radius 2 is 2.00 bits per heavy atom. The highest BCUT2D eigenvalue weighted by atomic mass is 16.5. The van der Waals surface area contributed by atoms with E-state index < -0.39 is 0 Å². The topological polar surface area (TPSA) is 27.7 Å². The van der Waals surface area contributed by atoms with Gasteiger partial charge in [0, 0.05) is 12.7 Å². The summed E-state index contributed by atoms with van der Waals surface area (Å²) in [4.78, 5) is 0. The molecule has 3 nitrogen and oxygen atoms in total. The van der Waals surface area contributed by atoms with E-state index in [0.717, 1.165) is 11.3 Å². The molecule has 0 saturated heterocycles. The molecule has 0 unspecified atom stereocenters. The van der Waals surface area contributed by atoms with Gasteiger partial charge >= 0.3 is 0 Å². The summed E-state index contributed by atoms with van der Waals surface area (Å²) in [6, 6.07) is 7.43. The van der Waals surface area contributed by atoms with Gasteiger partial charge in [-0.25, -0.2) is 0 Å². The zero-order chi connectivity index (χ0) is 11.6. The molecule has 0 aromatic heterocycles. The Labute approximate surface area is 96.3 Å². The number of methoxy groups -OCH3 is 1. The van der Waals surface area contributed by atoms with Gasteiger partial charge in [-0.15, -0.1) is 6.42 Å². The van der Waals surface area contributed by atoms with Gasteiger partial charge in [0.25, 0.3) is 0 Å². The number of terminal acetylenes is 1. The van der Waals surface area contributed by atoms with Crippen LogP contribution in [0, 0.1) is 12.3 Å². The largest absolute Gasteiger partial charge is 0.491 e. The third-order valence-corrected chi connectivity index (χ3v) is 1.93.